The van der Waals surface area contributed by atoms with E-state index in [-0.39, 0.29) is 6.10 Å². The predicted octanol–water partition coefficient (Wildman–Crippen LogP) is 2.50. The van der Waals surface area contributed by atoms with Gasteiger partial charge in [-0.2, -0.15) is 0 Å². The van der Waals surface area contributed by atoms with E-state index in [1.807, 2.05) is 12.1 Å². The highest BCUT2D eigenvalue weighted by Crippen LogP contribution is 2.19. The molecule has 0 spiro atoms. The first-order chi connectivity index (χ1) is 10.3. The van der Waals surface area contributed by atoms with Gasteiger partial charge in [0.1, 0.15) is 5.75 Å². The molecular formula is C17H27NO3. The van der Waals surface area contributed by atoms with E-state index in [0.29, 0.717) is 12.6 Å². The van der Waals surface area contributed by atoms with Gasteiger partial charge in [-0.25, -0.2) is 0 Å². The van der Waals surface area contributed by atoms with Crippen molar-refractivity contribution in [3.8, 4) is 5.75 Å². The first-order valence-corrected chi connectivity index (χ1v) is 7.90. The van der Waals surface area contributed by atoms with Crippen LogP contribution in [0.5, 0.6) is 5.75 Å². The molecule has 1 aliphatic rings. The molecular weight excluding hydrogens is 266 g/mol. The molecule has 0 heterocycles. The van der Waals surface area contributed by atoms with Crippen molar-refractivity contribution < 1.29 is 14.6 Å². The van der Waals surface area contributed by atoms with Crippen LogP contribution in [0.3, 0.4) is 0 Å². The molecule has 1 fully saturated rings. The molecule has 1 aliphatic carbocycles. The quantitative estimate of drug-likeness (QED) is 0.723. The molecule has 4 heteroatoms. The largest absolute Gasteiger partial charge is 0.493 e. The van der Waals surface area contributed by atoms with Gasteiger partial charge in [0.05, 0.1) is 12.7 Å². The van der Waals surface area contributed by atoms with Gasteiger partial charge >= 0.3 is 0 Å². The number of hydrogen-bond acceptors (Lipinski definition) is 4. The summed E-state index contributed by atoms with van der Waals surface area (Å²) in [7, 11) is 1.70. The summed E-state index contributed by atoms with van der Waals surface area (Å²) in [4.78, 5) is 0. The summed E-state index contributed by atoms with van der Waals surface area (Å²) < 4.78 is 10.7. The summed E-state index contributed by atoms with van der Waals surface area (Å²) in [6.45, 7) is 2.27. The number of benzene rings is 1. The van der Waals surface area contributed by atoms with Crippen LogP contribution >= 0.6 is 0 Å². The standard InChI is InChI=1S/C17H27NO3/c1-20-10-3-11-21-17-5-2-4-14(12-17)13-18-15-6-8-16(19)9-7-15/h2,4-5,12,15-16,18-19H,3,6-11,13H2,1H3. The van der Waals surface area contributed by atoms with Gasteiger partial charge in [-0.05, 0) is 43.4 Å². The molecule has 0 saturated heterocycles. The van der Waals surface area contributed by atoms with Gasteiger partial charge in [0.2, 0.25) is 0 Å². The molecule has 118 valence electrons. The number of hydrogen-bond donors (Lipinski definition) is 2. The summed E-state index contributed by atoms with van der Waals surface area (Å²) in [5.74, 6) is 0.921. The fourth-order valence-electron chi connectivity index (χ4n) is 2.68. The molecule has 4 nitrogen and oxygen atoms in total. The highest BCUT2D eigenvalue weighted by Gasteiger charge is 2.18. The van der Waals surface area contributed by atoms with E-state index in [1.165, 1.54) is 5.56 Å². The van der Waals surface area contributed by atoms with Crippen molar-refractivity contribution in [3.63, 3.8) is 0 Å². The minimum atomic E-state index is -0.0909. The summed E-state index contributed by atoms with van der Waals surface area (Å²) in [5.41, 5.74) is 1.24. The lowest BCUT2D eigenvalue weighted by Crippen LogP contribution is -2.34. The lowest BCUT2D eigenvalue weighted by Gasteiger charge is -2.26. The predicted molar refractivity (Wildman–Crippen MR) is 83.5 cm³/mol. The molecule has 2 N–H and O–H groups in total. The van der Waals surface area contributed by atoms with Crippen LogP contribution in [0.2, 0.25) is 0 Å². The summed E-state index contributed by atoms with van der Waals surface area (Å²) in [6, 6.07) is 8.77. The van der Waals surface area contributed by atoms with Gasteiger partial charge in [-0.1, -0.05) is 12.1 Å². The minimum Gasteiger partial charge on any atom is -0.493 e. The zero-order valence-corrected chi connectivity index (χ0v) is 12.9. The minimum absolute atomic E-state index is 0.0909. The highest BCUT2D eigenvalue weighted by molar-refractivity contribution is 5.28. The maximum atomic E-state index is 9.52. The summed E-state index contributed by atoms with van der Waals surface area (Å²) in [6.07, 6.45) is 4.78. The average molecular weight is 293 g/mol. The third-order valence-electron chi connectivity index (χ3n) is 3.95. The molecule has 0 radical (unpaired) electrons. The Balaban J connectivity index is 1.73. The zero-order chi connectivity index (χ0) is 14.9. The van der Waals surface area contributed by atoms with Crippen molar-refractivity contribution in [2.24, 2.45) is 0 Å². The third kappa shape index (κ3) is 6.04. The number of nitrogens with one attached hydrogen (secondary N) is 1. The Hall–Kier alpha value is -1.10. The molecule has 0 atom stereocenters. The van der Waals surface area contributed by atoms with Crippen LogP contribution in [0.25, 0.3) is 0 Å². The smallest absolute Gasteiger partial charge is 0.119 e. The Labute approximate surface area is 127 Å². The van der Waals surface area contributed by atoms with Crippen molar-refractivity contribution in [2.75, 3.05) is 20.3 Å². The van der Waals surface area contributed by atoms with Crippen molar-refractivity contribution in [1.82, 2.24) is 5.32 Å². The van der Waals surface area contributed by atoms with E-state index < -0.39 is 0 Å². The molecule has 1 aromatic rings. The summed E-state index contributed by atoms with van der Waals surface area (Å²) in [5, 5.41) is 13.1. The molecule has 0 unspecified atom stereocenters. The van der Waals surface area contributed by atoms with Gasteiger partial charge in [0.25, 0.3) is 0 Å². The van der Waals surface area contributed by atoms with Crippen molar-refractivity contribution >= 4 is 0 Å². The van der Waals surface area contributed by atoms with Crippen LogP contribution in [0.1, 0.15) is 37.7 Å². The Morgan fingerprint density at radius 1 is 1.19 bits per heavy atom. The topological polar surface area (TPSA) is 50.7 Å². The summed E-state index contributed by atoms with van der Waals surface area (Å²) >= 11 is 0. The molecule has 0 bridgehead atoms. The highest BCUT2D eigenvalue weighted by atomic mass is 16.5. The molecule has 1 saturated carbocycles. The molecule has 0 aromatic heterocycles. The molecule has 21 heavy (non-hydrogen) atoms. The van der Waals surface area contributed by atoms with Crippen LogP contribution in [0.4, 0.5) is 0 Å². The third-order valence-corrected chi connectivity index (χ3v) is 3.95. The van der Waals surface area contributed by atoms with E-state index in [4.69, 9.17) is 9.47 Å². The molecule has 2 rings (SSSR count). The Kier molecular flexibility index (Phi) is 7.00. The molecule has 0 amide bonds. The van der Waals surface area contributed by atoms with Crippen molar-refractivity contribution in [1.29, 1.82) is 0 Å². The number of rotatable bonds is 8. The van der Waals surface area contributed by atoms with Crippen LogP contribution in [-0.2, 0) is 11.3 Å². The lowest BCUT2D eigenvalue weighted by atomic mass is 9.93. The number of aliphatic hydroxyl groups excluding tert-OH is 1. The van der Waals surface area contributed by atoms with Gasteiger partial charge in [-0.15, -0.1) is 0 Å². The van der Waals surface area contributed by atoms with E-state index in [0.717, 1.165) is 51.0 Å². The second-order valence-corrected chi connectivity index (χ2v) is 5.73. The first kappa shape index (κ1) is 16.3. The normalized spacial score (nSPS) is 22.2. The fourth-order valence-corrected chi connectivity index (χ4v) is 2.68. The number of ether oxygens (including phenoxy) is 2. The van der Waals surface area contributed by atoms with Gasteiger partial charge in [0, 0.05) is 32.7 Å². The first-order valence-electron chi connectivity index (χ1n) is 7.90. The number of aliphatic hydroxyl groups is 1. The van der Waals surface area contributed by atoms with Gasteiger partial charge in [0.15, 0.2) is 0 Å². The van der Waals surface area contributed by atoms with Crippen molar-refractivity contribution in [3.05, 3.63) is 29.8 Å². The monoisotopic (exact) mass is 293 g/mol. The Morgan fingerprint density at radius 3 is 2.76 bits per heavy atom. The van der Waals surface area contributed by atoms with Gasteiger partial charge in [-0.3, -0.25) is 0 Å². The SMILES string of the molecule is COCCCOc1cccc(CNC2CCC(O)CC2)c1. The Morgan fingerprint density at radius 2 is 2.00 bits per heavy atom. The van der Waals surface area contributed by atoms with E-state index in [1.54, 1.807) is 7.11 Å². The van der Waals surface area contributed by atoms with Crippen molar-refractivity contribution in [2.45, 2.75) is 50.8 Å². The zero-order valence-electron chi connectivity index (χ0n) is 12.9. The average Bonchev–Trinajstić information content (AvgIpc) is 2.52. The Bertz CT molecular complexity index is 403. The van der Waals surface area contributed by atoms with Gasteiger partial charge < -0.3 is 19.9 Å². The van der Waals surface area contributed by atoms with Crippen LogP contribution in [-0.4, -0.2) is 37.6 Å². The second-order valence-electron chi connectivity index (χ2n) is 5.73. The maximum absolute atomic E-state index is 9.52. The van der Waals surface area contributed by atoms with Crippen LogP contribution in [0.15, 0.2) is 24.3 Å². The molecule has 0 aliphatic heterocycles. The fraction of sp³-hybridized carbons (Fsp3) is 0.647. The van der Waals surface area contributed by atoms with Crippen LogP contribution < -0.4 is 10.1 Å². The van der Waals surface area contributed by atoms with E-state index >= 15 is 0 Å². The van der Waals surface area contributed by atoms with Crippen LogP contribution in [0, 0.1) is 0 Å². The lowest BCUT2D eigenvalue weighted by molar-refractivity contribution is 0.116. The van der Waals surface area contributed by atoms with E-state index in [9.17, 15) is 5.11 Å². The second kappa shape index (κ2) is 9.03. The van der Waals surface area contributed by atoms with E-state index in [2.05, 4.69) is 17.4 Å². The maximum Gasteiger partial charge on any atom is 0.119 e. The number of methoxy groups -OCH3 is 1. The molecule has 1 aromatic carbocycles.